The second-order valence-electron chi connectivity index (χ2n) is 6.45. The number of methoxy groups -OCH3 is 1. The lowest BCUT2D eigenvalue weighted by atomic mass is 10.1. The van der Waals surface area contributed by atoms with Gasteiger partial charge in [0.15, 0.2) is 0 Å². The van der Waals surface area contributed by atoms with Gasteiger partial charge >= 0.3 is 5.97 Å². The molecule has 1 aliphatic heterocycles. The number of anilines is 1. The van der Waals surface area contributed by atoms with E-state index in [1.807, 2.05) is 0 Å². The predicted octanol–water partition coefficient (Wildman–Crippen LogP) is 2.63. The molecule has 0 radical (unpaired) electrons. The van der Waals surface area contributed by atoms with E-state index in [1.54, 1.807) is 36.4 Å². The molecule has 0 aromatic heterocycles. The molecule has 1 atom stereocenters. The van der Waals surface area contributed by atoms with Crippen LogP contribution in [-0.2, 0) is 9.47 Å². The third kappa shape index (κ3) is 4.95. The minimum atomic E-state index is -0.464. The highest BCUT2D eigenvalue weighted by Crippen LogP contribution is 2.14. The number of esters is 1. The van der Waals surface area contributed by atoms with E-state index in [1.165, 1.54) is 19.2 Å². The molecule has 7 nitrogen and oxygen atoms in total. The molecule has 1 aliphatic rings. The summed E-state index contributed by atoms with van der Waals surface area (Å²) < 4.78 is 10.1. The molecule has 0 aliphatic carbocycles. The van der Waals surface area contributed by atoms with Crippen molar-refractivity contribution >= 4 is 23.5 Å². The molecule has 1 unspecified atom stereocenters. The second-order valence-corrected chi connectivity index (χ2v) is 6.45. The fourth-order valence-corrected chi connectivity index (χ4v) is 2.93. The SMILES string of the molecule is COC(=O)c1ccc(C(=O)Nc2cccc(C(=O)NCC3CCCO3)c2)cc1. The highest BCUT2D eigenvalue weighted by molar-refractivity contribution is 6.05. The molecule has 0 saturated carbocycles. The largest absolute Gasteiger partial charge is 0.465 e. The summed E-state index contributed by atoms with van der Waals surface area (Å²) in [5, 5.41) is 5.61. The lowest BCUT2D eigenvalue weighted by Gasteiger charge is -2.12. The van der Waals surface area contributed by atoms with Crippen molar-refractivity contribution in [2.24, 2.45) is 0 Å². The molecule has 2 aromatic carbocycles. The van der Waals surface area contributed by atoms with Crippen LogP contribution >= 0.6 is 0 Å². The molecular weight excluding hydrogens is 360 g/mol. The molecule has 2 amide bonds. The monoisotopic (exact) mass is 382 g/mol. The first-order chi connectivity index (χ1) is 13.6. The van der Waals surface area contributed by atoms with Crippen molar-refractivity contribution < 1.29 is 23.9 Å². The van der Waals surface area contributed by atoms with Gasteiger partial charge in [-0.3, -0.25) is 9.59 Å². The van der Waals surface area contributed by atoms with E-state index in [0.717, 1.165) is 19.4 Å². The van der Waals surface area contributed by atoms with E-state index in [4.69, 9.17) is 4.74 Å². The average Bonchev–Trinajstić information content (AvgIpc) is 3.25. The quantitative estimate of drug-likeness (QED) is 0.749. The minimum absolute atomic E-state index is 0.0693. The summed E-state index contributed by atoms with van der Waals surface area (Å²) in [6.45, 7) is 1.21. The van der Waals surface area contributed by atoms with E-state index in [-0.39, 0.29) is 17.9 Å². The third-order valence-electron chi connectivity index (χ3n) is 4.47. The van der Waals surface area contributed by atoms with E-state index in [0.29, 0.717) is 28.9 Å². The highest BCUT2D eigenvalue weighted by atomic mass is 16.5. The van der Waals surface area contributed by atoms with Crippen LogP contribution in [0.1, 0.15) is 43.9 Å². The number of rotatable bonds is 6. The number of benzene rings is 2. The maximum absolute atomic E-state index is 12.4. The molecule has 1 saturated heterocycles. The van der Waals surface area contributed by atoms with Crippen LogP contribution in [0.2, 0.25) is 0 Å². The van der Waals surface area contributed by atoms with Crippen LogP contribution in [0.5, 0.6) is 0 Å². The Kier molecular flexibility index (Phi) is 6.39. The van der Waals surface area contributed by atoms with Gasteiger partial charge in [-0.15, -0.1) is 0 Å². The van der Waals surface area contributed by atoms with Crippen molar-refractivity contribution in [2.75, 3.05) is 25.6 Å². The Bertz CT molecular complexity index is 857. The standard InChI is InChI=1S/C21H22N2O5/c1-27-21(26)15-9-7-14(8-10-15)20(25)23-17-5-2-4-16(12-17)19(24)22-13-18-6-3-11-28-18/h2,4-5,7-10,12,18H,3,6,11,13H2,1H3,(H,22,24)(H,23,25). The number of amides is 2. The summed E-state index contributed by atoms with van der Waals surface area (Å²) in [5.74, 6) is -1.02. The molecule has 1 fully saturated rings. The van der Waals surface area contributed by atoms with Gasteiger partial charge in [-0.05, 0) is 55.3 Å². The van der Waals surface area contributed by atoms with Crippen molar-refractivity contribution in [3.8, 4) is 0 Å². The van der Waals surface area contributed by atoms with E-state index >= 15 is 0 Å². The normalized spacial score (nSPS) is 15.7. The number of hydrogen-bond acceptors (Lipinski definition) is 5. The zero-order valence-corrected chi connectivity index (χ0v) is 15.6. The Morgan fingerprint density at radius 2 is 1.79 bits per heavy atom. The van der Waals surface area contributed by atoms with Gasteiger partial charge in [0, 0.05) is 30.0 Å². The number of carbonyl (C=O) groups excluding carboxylic acids is 3. The molecule has 0 spiro atoms. The molecule has 2 N–H and O–H groups in total. The average molecular weight is 382 g/mol. The van der Waals surface area contributed by atoms with Gasteiger partial charge in [-0.1, -0.05) is 6.07 Å². The minimum Gasteiger partial charge on any atom is -0.465 e. The Balaban J connectivity index is 1.60. The number of carbonyl (C=O) groups is 3. The van der Waals surface area contributed by atoms with Gasteiger partial charge in [-0.25, -0.2) is 4.79 Å². The zero-order chi connectivity index (χ0) is 19.9. The fourth-order valence-electron chi connectivity index (χ4n) is 2.93. The van der Waals surface area contributed by atoms with Crippen LogP contribution in [-0.4, -0.2) is 44.1 Å². The van der Waals surface area contributed by atoms with Crippen molar-refractivity contribution in [2.45, 2.75) is 18.9 Å². The summed E-state index contributed by atoms with van der Waals surface area (Å²) in [7, 11) is 1.30. The summed E-state index contributed by atoms with van der Waals surface area (Å²) >= 11 is 0. The summed E-state index contributed by atoms with van der Waals surface area (Å²) in [6.07, 6.45) is 2.04. The molecule has 28 heavy (non-hydrogen) atoms. The maximum Gasteiger partial charge on any atom is 0.337 e. The van der Waals surface area contributed by atoms with E-state index in [9.17, 15) is 14.4 Å². The van der Waals surface area contributed by atoms with E-state index < -0.39 is 5.97 Å². The van der Waals surface area contributed by atoms with E-state index in [2.05, 4.69) is 15.4 Å². The number of hydrogen-bond donors (Lipinski definition) is 2. The van der Waals surface area contributed by atoms with Crippen LogP contribution in [0.25, 0.3) is 0 Å². The van der Waals surface area contributed by atoms with Crippen LogP contribution in [0.3, 0.4) is 0 Å². The molecule has 146 valence electrons. The zero-order valence-electron chi connectivity index (χ0n) is 15.6. The molecular formula is C21H22N2O5. The van der Waals surface area contributed by atoms with Gasteiger partial charge in [0.25, 0.3) is 11.8 Å². The second kappa shape index (κ2) is 9.14. The van der Waals surface area contributed by atoms with Crippen molar-refractivity contribution in [1.29, 1.82) is 0 Å². The molecule has 7 heteroatoms. The summed E-state index contributed by atoms with van der Waals surface area (Å²) in [4.78, 5) is 36.2. The van der Waals surface area contributed by atoms with Gasteiger partial charge < -0.3 is 20.1 Å². The molecule has 0 bridgehead atoms. The molecule has 1 heterocycles. The molecule has 3 rings (SSSR count). The Hall–Kier alpha value is -3.19. The third-order valence-corrected chi connectivity index (χ3v) is 4.47. The maximum atomic E-state index is 12.4. The van der Waals surface area contributed by atoms with Gasteiger partial charge in [0.2, 0.25) is 0 Å². The Morgan fingerprint density at radius 1 is 1.04 bits per heavy atom. The fraction of sp³-hybridized carbons (Fsp3) is 0.286. The number of nitrogens with one attached hydrogen (secondary N) is 2. The van der Waals surface area contributed by atoms with Gasteiger partial charge in [-0.2, -0.15) is 0 Å². The van der Waals surface area contributed by atoms with Crippen LogP contribution in [0.4, 0.5) is 5.69 Å². The first-order valence-corrected chi connectivity index (χ1v) is 9.06. The Labute approximate surface area is 163 Å². The Morgan fingerprint density at radius 3 is 2.46 bits per heavy atom. The molecule has 2 aromatic rings. The highest BCUT2D eigenvalue weighted by Gasteiger charge is 2.17. The summed E-state index contributed by atoms with van der Waals surface area (Å²) in [5.41, 5.74) is 1.72. The predicted molar refractivity (Wildman–Crippen MR) is 103 cm³/mol. The van der Waals surface area contributed by atoms with Crippen molar-refractivity contribution in [3.63, 3.8) is 0 Å². The van der Waals surface area contributed by atoms with Crippen molar-refractivity contribution in [3.05, 3.63) is 65.2 Å². The van der Waals surface area contributed by atoms with Crippen LogP contribution in [0.15, 0.2) is 48.5 Å². The lowest BCUT2D eigenvalue weighted by Crippen LogP contribution is -2.31. The van der Waals surface area contributed by atoms with Gasteiger partial charge in [0.05, 0.1) is 18.8 Å². The summed E-state index contributed by atoms with van der Waals surface area (Å²) in [6, 6.07) is 12.8. The van der Waals surface area contributed by atoms with Crippen LogP contribution in [0, 0.1) is 0 Å². The number of ether oxygens (including phenoxy) is 2. The first kappa shape index (κ1) is 19.6. The smallest absolute Gasteiger partial charge is 0.337 e. The van der Waals surface area contributed by atoms with Crippen LogP contribution < -0.4 is 10.6 Å². The topological polar surface area (TPSA) is 93.7 Å². The van der Waals surface area contributed by atoms with Crippen molar-refractivity contribution in [1.82, 2.24) is 5.32 Å². The lowest BCUT2D eigenvalue weighted by molar-refractivity contribution is 0.0600. The van der Waals surface area contributed by atoms with Gasteiger partial charge in [0.1, 0.15) is 0 Å². The first-order valence-electron chi connectivity index (χ1n) is 9.06.